The van der Waals surface area contributed by atoms with Crippen molar-refractivity contribution in [1.29, 1.82) is 0 Å². The second kappa shape index (κ2) is 13.2. The number of benzene rings is 4. The van der Waals surface area contributed by atoms with E-state index in [1.807, 2.05) is 24.3 Å². The van der Waals surface area contributed by atoms with Gasteiger partial charge in [-0.15, -0.1) is 0 Å². The number of hydrogen-bond acceptors (Lipinski definition) is 3. The van der Waals surface area contributed by atoms with E-state index in [0.29, 0.717) is 27.4 Å². The summed E-state index contributed by atoms with van der Waals surface area (Å²) in [6.45, 7) is 0. The number of nitrogens with one attached hydrogen (secondary N) is 2. The molecule has 8 heteroatoms. The van der Waals surface area contributed by atoms with Crippen molar-refractivity contribution in [3.63, 3.8) is 0 Å². The molecule has 0 heterocycles. The van der Waals surface area contributed by atoms with E-state index in [1.165, 1.54) is 12.2 Å². The van der Waals surface area contributed by atoms with Gasteiger partial charge in [0.2, 0.25) is 0 Å². The minimum absolute atomic E-state index is 0.0369. The molecule has 194 valence electrons. The van der Waals surface area contributed by atoms with E-state index in [-0.39, 0.29) is 16.5 Å². The van der Waals surface area contributed by atoms with Crippen LogP contribution in [0.15, 0.2) is 113 Å². The van der Waals surface area contributed by atoms with Crippen LogP contribution in [0.4, 0.5) is 5.69 Å². The van der Waals surface area contributed by atoms with E-state index in [4.69, 9.17) is 23.2 Å². The molecule has 0 aliphatic carbocycles. The number of anilines is 1. The number of hydrogen-bond donors (Lipinski definition) is 2. The quantitative estimate of drug-likeness (QED) is 0.155. The fraction of sp³-hybridized carbons (Fsp3) is 0. The van der Waals surface area contributed by atoms with Crippen LogP contribution in [0.25, 0.3) is 12.2 Å². The van der Waals surface area contributed by atoms with Crippen molar-refractivity contribution in [3.8, 4) is 0 Å². The van der Waals surface area contributed by atoms with Crippen molar-refractivity contribution in [2.75, 3.05) is 5.32 Å². The van der Waals surface area contributed by atoms with Gasteiger partial charge in [0.1, 0.15) is 5.70 Å². The third kappa shape index (κ3) is 7.77. The number of halogens is 3. The predicted molar refractivity (Wildman–Crippen MR) is 161 cm³/mol. The Morgan fingerprint density at radius 2 is 1.49 bits per heavy atom. The summed E-state index contributed by atoms with van der Waals surface area (Å²) in [4.78, 5) is 38.6. The normalized spacial score (nSPS) is 11.3. The second-order valence-corrected chi connectivity index (χ2v) is 10.0. The molecular weight excluding hydrogens is 599 g/mol. The van der Waals surface area contributed by atoms with Crippen LogP contribution in [-0.4, -0.2) is 17.6 Å². The number of amides is 2. The van der Waals surface area contributed by atoms with Gasteiger partial charge in [0.15, 0.2) is 5.78 Å². The van der Waals surface area contributed by atoms with Crippen molar-refractivity contribution in [2.24, 2.45) is 0 Å². The summed E-state index contributed by atoms with van der Waals surface area (Å²) in [7, 11) is 0. The van der Waals surface area contributed by atoms with Crippen molar-refractivity contribution in [2.45, 2.75) is 0 Å². The SMILES string of the molecule is O=C(Nc1ccc(C(=O)/C=C/c2cccc(Br)c2)cc1)/C(=C/c1cccc(Cl)c1Cl)NC(=O)c1ccccc1. The first-order valence-corrected chi connectivity index (χ1v) is 13.3. The van der Waals surface area contributed by atoms with E-state index in [2.05, 4.69) is 26.6 Å². The van der Waals surface area contributed by atoms with E-state index >= 15 is 0 Å². The van der Waals surface area contributed by atoms with Gasteiger partial charge in [-0.3, -0.25) is 14.4 Å². The molecule has 4 rings (SSSR count). The molecule has 39 heavy (non-hydrogen) atoms. The Morgan fingerprint density at radius 3 is 2.21 bits per heavy atom. The number of ketones is 1. The van der Waals surface area contributed by atoms with Gasteiger partial charge >= 0.3 is 0 Å². The highest BCUT2D eigenvalue weighted by Gasteiger charge is 2.16. The van der Waals surface area contributed by atoms with Gasteiger partial charge in [0, 0.05) is 21.3 Å². The number of rotatable bonds is 8. The van der Waals surface area contributed by atoms with Gasteiger partial charge in [0.25, 0.3) is 11.8 Å². The first-order valence-electron chi connectivity index (χ1n) is 11.7. The van der Waals surface area contributed by atoms with E-state index in [0.717, 1.165) is 10.0 Å². The first-order chi connectivity index (χ1) is 18.8. The van der Waals surface area contributed by atoms with Crippen LogP contribution < -0.4 is 10.6 Å². The summed E-state index contributed by atoms with van der Waals surface area (Å²) >= 11 is 15.9. The monoisotopic (exact) mass is 618 g/mol. The highest BCUT2D eigenvalue weighted by Crippen LogP contribution is 2.27. The molecule has 0 spiro atoms. The summed E-state index contributed by atoms with van der Waals surface area (Å²) in [5, 5.41) is 5.97. The topological polar surface area (TPSA) is 75.3 Å². The molecule has 0 atom stereocenters. The summed E-state index contributed by atoms with van der Waals surface area (Å²) in [5.74, 6) is -1.23. The Kier molecular flexibility index (Phi) is 9.49. The van der Waals surface area contributed by atoms with Gasteiger partial charge < -0.3 is 10.6 Å². The molecule has 2 amide bonds. The average Bonchev–Trinajstić information content (AvgIpc) is 2.94. The van der Waals surface area contributed by atoms with Crippen LogP contribution in [0.5, 0.6) is 0 Å². The lowest BCUT2D eigenvalue weighted by atomic mass is 10.1. The van der Waals surface area contributed by atoms with Gasteiger partial charge in [0.05, 0.1) is 10.0 Å². The standard InChI is InChI=1S/C31H21BrCl2N2O3/c32-24-10-4-6-20(18-24)12-17-28(37)21-13-15-25(16-14-21)35-31(39)27(19-23-9-5-11-26(33)29(23)34)36-30(38)22-7-2-1-3-8-22/h1-19H,(H,35,39)(H,36,38)/b17-12+,27-19-. The Morgan fingerprint density at radius 1 is 0.769 bits per heavy atom. The first kappa shape index (κ1) is 28.0. The van der Waals surface area contributed by atoms with E-state index in [1.54, 1.807) is 78.9 Å². The van der Waals surface area contributed by atoms with Crippen LogP contribution >= 0.6 is 39.1 Å². The Labute approximate surface area is 244 Å². The van der Waals surface area contributed by atoms with Crippen molar-refractivity contribution < 1.29 is 14.4 Å². The van der Waals surface area contributed by atoms with Gasteiger partial charge in [-0.1, -0.05) is 87.7 Å². The largest absolute Gasteiger partial charge is 0.321 e. The smallest absolute Gasteiger partial charge is 0.272 e. The van der Waals surface area contributed by atoms with Gasteiger partial charge in [-0.05, 0) is 77.9 Å². The molecule has 0 radical (unpaired) electrons. The Bertz CT molecular complexity index is 1580. The van der Waals surface area contributed by atoms with Crippen LogP contribution in [0.2, 0.25) is 10.0 Å². The van der Waals surface area contributed by atoms with E-state index in [9.17, 15) is 14.4 Å². The summed E-state index contributed by atoms with van der Waals surface area (Å²) in [6.07, 6.45) is 4.68. The molecule has 0 saturated heterocycles. The van der Waals surface area contributed by atoms with Gasteiger partial charge in [-0.2, -0.15) is 0 Å². The second-order valence-electron chi connectivity index (χ2n) is 8.31. The molecule has 0 unspecified atom stereocenters. The molecule has 5 nitrogen and oxygen atoms in total. The minimum Gasteiger partial charge on any atom is -0.321 e. The fourth-order valence-electron chi connectivity index (χ4n) is 3.52. The molecule has 2 N–H and O–H groups in total. The number of allylic oxidation sites excluding steroid dienone is 1. The summed E-state index contributed by atoms with van der Waals surface area (Å²) < 4.78 is 0.920. The molecule has 4 aromatic rings. The maximum atomic E-state index is 13.2. The van der Waals surface area contributed by atoms with Crippen LogP contribution in [0, 0.1) is 0 Å². The summed E-state index contributed by atoms with van der Waals surface area (Å²) in [6, 6.07) is 27.5. The maximum Gasteiger partial charge on any atom is 0.272 e. The molecule has 0 bridgehead atoms. The molecule has 0 aliphatic heterocycles. The zero-order valence-corrected chi connectivity index (χ0v) is 23.4. The van der Waals surface area contributed by atoms with E-state index < -0.39 is 11.8 Å². The van der Waals surface area contributed by atoms with Crippen molar-refractivity contribution in [3.05, 3.63) is 146 Å². The molecule has 0 aliphatic rings. The average molecular weight is 620 g/mol. The third-order valence-corrected chi connectivity index (χ3v) is 6.84. The summed E-state index contributed by atoms with van der Waals surface area (Å²) in [5.41, 5.74) is 2.58. The third-order valence-electron chi connectivity index (χ3n) is 5.51. The highest BCUT2D eigenvalue weighted by molar-refractivity contribution is 9.10. The molecule has 0 aromatic heterocycles. The molecule has 0 fully saturated rings. The molecule has 0 saturated carbocycles. The van der Waals surface area contributed by atoms with Crippen molar-refractivity contribution >= 4 is 74.6 Å². The van der Waals surface area contributed by atoms with Crippen molar-refractivity contribution in [1.82, 2.24) is 5.32 Å². The highest BCUT2D eigenvalue weighted by atomic mass is 79.9. The lowest BCUT2D eigenvalue weighted by Gasteiger charge is -2.12. The molecular formula is C31H21BrCl2N2O3. The van der Waals surface area contributed by atoms with Crippen LogP contribution in [-0.2, 0) is 4.79 Å². The van der Waals surface area contributed by atoms with Crippen LogP contribution in [0.3, 0.4) is 0 Å². The zero-order valence-electron chi connectivity index (χ0n) is 20.3. The zero-order chi connectivity index (χ0) is 27.8. The maximum absolute atomic E-state index is 13.2. The van der Waals surface area contributed by atoms with Crippen LogP contribution in [0.1, 0.15) is 31.8 Å². The Hall–Kier alpha value is -3.97. The predicted octanol–water partition coefficient (Wildman–Crippen LogP) is 8.06. The van der Waals surface area contributed by atoms with Gasteiger partial charge in [-0.25, -0.2) is 0 Å². The minimum atomic E-state index is -0.580. The lowest BCUT2D eigenvalue weighted by Crippen LogP contribution is -2.30. The number of carbonyl (C=O) groups excluding carboxylic acids is 3. The lowest BCUT2D eigenvalue weighted by molar-refractivity contribution is -0.113. The Balaban J connectivity index is 1.52. The molecule has 4 aromatic carbocycles. The number of carbonyl (C=O) groups is 3. The fourth-order valence-corrected chi connectivity index (χ4v) is 4.30.